The number of nitrogens with two attached hydrogens (primary N) is 1. The van der Waals surface area contributed by atoms with Gasteiger partial charge in [-0.05, 0) is 18.2 Å². The predicted molar refractivity (Wildman–Crippen MR) is 63.5 cm³/mol. The lowest BCUT2D eigenvalue weighted by Gasteiger charge is -2.08. The van der Waals surface area contributed by atoms with Gasteiger partial charge in [-0.1, -0.05) is 11.8 Å². The number of hydrogen-bond donors (Lipinski definition) is 2. The van der Waals surface area contributed by atoms with Crippen molar-refractivity contribution in [3.63, 3.8) is 0 Å². The smallest absolute Gasteiger partial charge is 0.251 e. The molecule has 0 saturated carbocycles. The number of hydrogen-bond acceptors (Lipinski definition) is 3. The molecule has 1 aromatic rings. The largest absolute Gasteiger partial charge is 0.320 e. The van der Waals surface area contributed by atoms with Crippen molar-refractivity contribution in [1.29, 1.82) is 0 Å². The zero-order valence-electron chi connectivity index (χ0n) is 9.66. The van der Waals surface area contributed by atoms with Crippen molar-refractivity contribution in [3.05, 3.63) is 29.6 Å². The first kappa shape index (κ1) is 15.5. The predicted octanol–water partition coefficient (Wildman–Crippen LogP) is 0.679. The van der Waals surface area contributed by atoms with Crippen LogP contribution in [-0.2, 0) is 10.0 Å². The molecule has 1 rings (SSSR count). The third-order valence-corrected chi connectivity index (χ3v) is 3.47. The highest BCUT2D eigenvalue weighted by atomic mass is 32.2. The van der Waals surface area contributed by atoms with Gasteiger partial charge in [0.2, 0.25) is 10.0 Å². The Hall–Kier alpha value is -1.56. The summed E-state index contributed by atoms with van der Waals surface area (Å²) in [5, 5.41) is 0. The average molecular weight is 292 g/mol. The molecular formula is C11H11F3N2O2S. The number of sulfonamides is 1. The van der Waals surface area contributed by atoms with Gasteiger partial charge in [-0.25, -0.2) is 26.3 Å². The lowest BCUT2D eigenvalue weighted by Crippen LogP contribution is -2.29. The quantitative estimate of drug-likeness (QED) is 0.802. The lowest BCUT2D eigenvalue weighted by molar-refractivity contribution is 0.153. The van der Waals surface area contributed by atoms with Crippen LogP contribution < -0.4 is 10.5 Å². The molecule has 8 heteroatoms. The van der Waals surface area contributed by atoms with Crippen molar-refractivity contribution in [2.24, 2.45) is 5.73 Å². The third-order valence-electron chi connectivity index (χ3n) is 1.98. The highest BCUT2D eigenvalue weighted by molar-refractivity contribution is 7.89. The van der Waals surface area contributed by atoms with Gasteiger partial charge in [-0.2, -0.15) is 0 Å². The van der Waals surface area contributed by atoms with E-state index in [9.17, 15) is 21.6 Å². The second-order valence-electron chi connectivity index (χ2n) is 3.39. The number of benzene rings is 1. The average Bonchev–Trinajstić information content (AvgIpc) is 2.34. The summed E-state index contributed by atoms with van der Waals surface area (Å²) >= 11 is 0. The van der Waals surface area contributed by atoms with Gasteiger partial charge in [0.15, 0.2) is 0 Å². The van der Waals surface area contributed by atoms with Gasteiger partial charge in [-0.15, -0.1) is 0 Å². The molecule has 4 nitrogen and oxygen atoms in total. The van der Waals surface area contributed by atoms with Crippen LogP contribution in [0.15, 0.2) is 23.1 Å². The molecule has 0 amide bonds. The van der Waals surface area contributed by atoms with Crippen molar-refractivity contribution in [2.45, 2.75) is 11.3 Å². The molecule has 0 aliphatic rings. The zero-order valence-corrected chi connectivity index (χ0v) is 10.5. The van der Waals surface area contributed by atoms with Gasteiger partial charge >= 0.3 is 0 Å². The molecule has 0 saturated heterocycles. The Bertz CT molecular complexity index is 606. The Morgan fingerprint density at radius 3 is 2.63 bits per heavy atom. The van der Waals surface area contributed by atoms with Crippen LogP contribution >= 0.6 is 0 Å². The second kappa shape index (κ2) is 6.56. The van der Waals surface area contributed by atoms with Crippen LogP contribution in [0.4, 0.5) is 13.2 Å². The highest BCUT2D eigenvalue weighted by Crippen LogP contribution is 2.16. The molecular weight excluding hydrogens is 281 g/mol. The summed E-state index contributed by atoms with van der Waals surface area (Å²) in [6, 6.07) is 2.77. The number of alkyl halides is 2. The van der Waals surface area contributed by atoms with Gasteiger partial charge in [0, 0.05) is 5.56 Å². The van der Waals surface area contributed by atoms with Crippen molar-refractivity contribution < 1.29 is 21.6 Å². The molecule has 0 atom stereocenters. The molecule has 0 heterocycles. The van der Waals surface area contributed by atoms with E-state index in [1.54, 1.807) is 4.72 Å². The Balaban J connectivity index is 3.18. The summed E-state index contributed by atoms with van der Waals surface area (Å²) in [5.74, 6) is 4.08. The van der Waals surface area contributed by atoms with E-state index >= 15 is 0 Å². The molecule has 0 spiro atoms. The fraction of sp³-hybridized carbons (Fsp3) is 0.273. The van der Waals surface area contributed by atoms with E-state index in [0.717, 1.165) is 18.2 Å². The molecule has 0 aliphatic carbocycles. The number of nitrogens with one attached hydrogen (secondary N) is 1. The summed E-state index contributed by atoms with van der Waals surface area (Å²) in [7, 11) is -4.17. The van der Waals surface area contributed by atoms with Crippen molar-refractivity contribution in [1.82, 2.24) is 4.72 Å². The van der Waals surface area contributed by atoms with Crippen LogP contribution in [0.5, 0.6) is 0 Å². The minimum absolute atomic E-state index is 0.0412. The molecule has 0 bridgehead atoms. The maximum absolute atomic E-state index is 13.0. The minimum Gasteiger partial charge on any atom is -0.320 e. The summed E-state index contributed by atoms with van der Waals surface area (Å²) in [5.41, 5.74) is 5.01. The Labute approximate surface area is 108 Å². The molecule has 0 radical (unpaired) electrons. The molecule has 0 unspecified atom stereocenters. The van der Waals surface area contributed by atoms with Crippen LogP contribution in [0, 0.1) is 17.7 Å². The normalized spacial score (nSPS) is 11.2. The van der Waals surface area contributed by atoms with Gasteiger partial charge in [-0.3, -0.25) is 0 Å². The van der Waals surface area contributed by atoms with Crippen LogP contribution in [-0.4, -0.2) is 27.9 Å². The summed E-state index contributed by atoms with van der Waals surface area (Å²) < 4.78 is 62.3. The van der Waals surface area contributed by atoms with Gasteiger partial charge in [0.05, 0.1) is 18.0 Å². The maximum Gasteiger partial charge on any atom is 0.251 e. The van der Waals surface area contributed by atoms with E-state index in [-0.39, 0.29) is 17.0 Å². The monoisotopic (exact) mass is 292 g/mol. The molecule has 0 fully saturated rings. The lowest BCUT2D eigenvalue weighted by atomic mass is 10.2. The fourth-order valence-corrected chi connectivity index (χ4v) is 2.38. The standard InChI is InChI=1S/C11H11F3N2O2S/c12-9-3-4-10(8(6-9)2-1-5-15)19(17,18)16-7-11(13)14/h3-4,6,11,16H,5,7,15H2. The SMILES string of the molecule is NCC#Cc1cc(F)ccc1S(=O)(=O)NCC(F)F. The first-order chi connectivity index (χ1) is 8.86. The van der Waals surface area contributed by atoms with E-state index in [4.69, 9.17) is 5.73 Å². The minimum atomic E-state index is -4.17. The topological polar surface area (TPSA) is 72.2 Å². The van der Waals surface area contributed by atoms with E-state index in [1.807, 2.05) is 0 Å². The second-order valence-corrected chi connectivity index (χ2v) is 5.12. The van der Waals surface area contributed by atoms with E-state index < -0.39 is 28.8 Å². The van der Waals surface area contributed by atoms with Crippen molar-refractivity contribution >= 4 is 10.0 Å². The Morgan fingerprint density at radius 1 is 1.37 bits per heavy atom. The molecule has 19 heavy (non-hydrogen) atoms. The van der Waals surface area contributed by atoms with Crippen molar-refractivity contribution in [2.75, 3.05) is 13.1 Å². The van der Waals surface area contributed by atoms with Gasteiger partial charge in [0.1, 0.15) is 5.82 Å². The first-order valence-corrected chi connectivity index (χ1v) is 6.61. The van der Waals surface area contributed by atoms with Crippen molar-refractivity contribution in [3.8, 4) is 11.8 Å². The highest BCUT2D eigenvalue weighted by Gasteiger charge is 2.19. The van der Waals surface area contributed by atoms with Crippen LogP contribution in [0.3, 0.4) is 0 Å². The summed E-state index contributed by atoms with van der Waals surface area (Å²) in [6.07, 6.45) is -2.83. The van der Waals surface area contributed by atoms with Gasteiger partial charge in [0.25, 0.3) is 6.43 Å². The summed E-state index contributed by atoms with van der Waals surface area (Å²) in [4.78, 5) is -0.365. The number of rotatable bonds is 4. The molecule has 1 aromatic carbocycles. The van der Waals surface area contributed by atoms with E-state index in [2.05, 4.69) is 11.8 Å². The number of halogens is 3. The van der Waals surface area contributed by atoms with Crippen LogP contribution in [0.25, 0.3) is 0 Å². The zero-order chi connectivity index (χ0) is 14.5. The first-order valence-electron chi connectivity index (χ1n) is 5.13. The molecule has 104 valence electrons. The summed E-state index contributed by atoms with van der Waals surface area (Å²) in [6.45, 7) is -1.07. The fourth-order valence-electron chi connectivity index (χ4n) is 1.23. The molecule has 0 aromatic heterocycles. The maximum atomic E-state index is 13.0. The van der Waals surface area contributed by atoms with Crippen LogP contribution in [0.2, 0.25) is 0 Å². The van der Waals surface area contributed by atoms with Gasteiger partial charge < -0.3 is 5.73 Å². The Kier molecular flexibility index (Phi) is 5.35. The van der Waals surface area contributed by atoms with Crippen LogP contribution in [0.1, 0.15) is 5.56 Å². The third kappa shape index (κ3) is 4.55. The van der Waals surface area contributed by atoms with E-state index in [0.29, 0.717) is 0 Å². The molecule has 0 aliphatic heterocycles. The molecule has 3 N–H and O–H groups in total. The van der Waals surface area contributed by atoms with E-state index in [1.165, 1.54) is 0 Å². The Morgan fingerprint density at radius 2 is 2.05 bits per heavy atom.